The van der Waals surface area contributed by atoms with Crippen molar-refractivity contribution in [3.63, 3.8) is 0 Å². The molecule has 0 saturated carbocycles. The van der Waals surface area contributed by atoms with Gasteiger partial charge in [-0.05, 0) is 32.0 Å². The van der Waals surface area contributed by atoms with Crippen LogP contribution in [0.5, 0.6) is 0 Å². The first-order valence-corrected chi connectivity index (χ1v) is 7.23. The summed E-state index contributed by atoms with van der Waals surface area (Å²) in [5.74, 6) is -0.128. The molecule has 1 aromatic rings. The van der Waals surface area contributed by atoms with E-state index < -0.39 is 0 Å². The minimum atomic E-state index is -0.362. The van der Waals surface area contributed by atoms with Gasteiger partial charge in [0.25, 0.3) is 0 Å². The number of nitrogens with zero attached hydrogens (tertiary/aromatic N) is 1. The van der Waals surface area contributed by atoms with Gasteiger partial charge in [-0.1, -0.05) is 6.07 Å². The summed E-state index contributed by atoms with van der Waals surface area (Å²) >= 11 is 1.68. The molecule has 104 valence electrons. The molecule has 2 rings (SSSR count). The highest BCUT2D eigenvalue weighted by molar-refractivity contribution is 7.10. The monoisotopic (exact) mass is 281 g/mol. The van der Waals surface area contributed by atoms with E-state index in [4.69, 9.17) is 0 Å². The molecular formula is C13H19N3O2S. The Labute approximate surface area is 117 Å². The van der Waals surface area contributed by atoms with Crippen LogP contribution in [-0.2, 0) is 9.59 Å². The van der Waals surface area contributed by atoms with Gasteiger partial charge in [-0.25, -0.2) is 0 Å². The van der Waals surface area contributed by atoms with E-state index in [2.05, 4.69) is 21.6 Å². The van der Waals surface area contributed by atoms with Crippen molar-refractivity contribution >= 4 is 23.2 Å². The van der Waals surface area contributed by atoms with Crippen LogP contribution in [0.4, 0.5) is 0 Å². The van der Waals surface area contributed by atoms with E-state index in [-0.39, 0.29) is 23.9 Å². The lowest BCUT2D eigenvalue weighted by Crippen LogP contribution is -2.44. The van der Waals surface area contributed by atoms with Crippen LogP contribution in [-0.4, -0.2) is 43.4 Å². The van der Waals surface area contributed by atoms with E-state index in [1.807, 2.05) is 25.5 Å². The van der Waals surface area contributed by atoms with Crippen LogP contribution in [0.1, 0.15) is 23.8 Å². The third-order valence-electron chi connectivity index (χ3n) is 3.28. The van der Waals surface area contributed by atoms with Gasteiger partial charge in [0.05, 0.1) is 6.04 Å². The first-order chi connectivity index (χ1) is 9.08. The molecule has 2 N–H and O–H groups in total. The van der Waals surface area contributed by atoms with E-state index in [9.17, 15) is 9.59 Å². The summed E-state index contributed by atoms with van der Waals surface area (Å²) in [6, 6.07) is 3.88. The minimum absolute atomic E-state index is 0.0393. The van der Waals surface area contributed by atoms with E-state index >= 15 is 0 Å². The molecule has 0 bridgehead atoms. The number of rotatable bonds is 5. The Balaban J connectivity index is 1.89. The molecule has 0 spiro atoms. The maximum Gasteiger partial charge on any atom is 0.242 e. The van der Waals surface area contributed by atoms with E-state index in [0.717, 1.165) is 0 Å². The molecule has 2 heterocycles. The predicted molar refractivity (Wildman–Crippen MR) is 74.9 cm³/mol. The summed E-state index contributed by atoms with van der Waals surface area (Å²) < 4.78 is 0. The molecule has 1 fully saturated rings. The zero-order valence-electron chi connectivity index (χ0n) is 11.2. The van der Waals surface area contributed by atoms with Gasteiger partial charge in [-0.2, -0.15) is 0 Å². The smallest absolute Gasteiger partial charge is 0.242 e. The summed E-state index contributed by atoms with van der Waals surface area (Å²) in [5.41, 5.74) is 0. The fourth-order valence-corrected chi connectivity index (χ4v) is 3.07. The van der Waals surface area contributed by atoms with E-state index in [0.29, 0.717) is 19.4 Å². The molecule has 2 atom stereocenters. The molecule has 5 nitrogen and oxygen atoms in total. The van der Waals surface area contributed by atoms with Crippen molar-refractivity contribution in [2.24, 2.45) is 0 Å². The average Bonchev–Trinajstić information content (AvgIpc) is 3.00. The van der Waals surface area contributed by atoms with Gasteiger partial charge in [0, 0.05) is 17.8 Å². The molecule has 0 radical (unpaired) electrons. The molecule has 1 saturated heterocycles. The molecule has 1 aromatic heterocycles. The number of nitrogens with one attached hydrogen (secondary N) is 2. The predicted octanol–water partition coefficient (Wildman–Crippen LogP) is 0.746. The fraction of sp³-hybridized carbons (Fsp3) is 0.538. The summed E-state index contributed by atoms with van der Waals surface area (Å²) in [6.07, 6.45) is 1.04. The van der Waals surface area contributed by atoms with Crippen LogP contribution in [0.15, 0.2) is 17.5 Å². The second-order valence-corrected chi connectivity index (χ2v) is 5.88. The third-order valence-corrected chi connectivity index (χ3v) is 4.25. The number of likely N-dealkylation sites (N-methyl/N-ethyl adjacent to an activating group) is 1. The number of amides is 2. The zero-order valence-corrected chi connectivity index (χ0v) is 12.0. The second-order valence-electron chi connectivity index (χ2n) is 4.90. The lowest BCUT2D eigenvalue weighted by Gasteiger charge is -2.24. The summed E-state index contributed by atoms with van der Waals surface area (Å²) in [5, 5.41) is 7.64. The molecule has 6 heteroatoms. The van der Waals surface area contributed by atoms with Crippen LogP contribution in [0, 0.1) is 0 Å². The van der Waals surface area contributed by atoms with Crippen LogP contribution in [0.2, 0.25) is 0 Å². The Kier molecular flexibility index (Phi) is 4.55. The van der Waals surface area contributed by atoms with Gasteiger partial charge in [0.15, 0.2) is 0 Å². The van der Waals surface area contributed by atoms with Crippen molar-refractivity contribution in [2.75, 3.05) is 20.6 Å². The number of carbonyl (C=O) groups is 2. The average molecular weight is 281 g/mol. The summed E-state index contributed by atoms with van der Waals surface area (Å²) in [7, 11) is 3.99. The quantitative estimate of drug-likeness (QED) is 0.837. The van der Waals surface area contributed by atoms with Crippen molar-refractivity contribution in [3.05, 3.63) is 22.4 Å². The molecule has 0 aliphatic carbocycles. The van der Waals surface area contributed by atoms with Crippen LogP contribution >= 0.6 is 11.3 Å². The Morgan fingerprint density at radius 2 is 2.42 bits per heavy atom. The van der Waals surface area contributed by atoms with Gasteiger partial charge in [0.1, 0.15) is 6.04 Å². The highest BCUT2D eigenvalue weighted by Gasteiger charge is 2.27. The Morgan fingerprint density at radius 3 is 2.95 bits per heavy atom. The van der Waals surface area contributed by atoms with Gasteiger partial charge in [-0.3, -0.25) is 9.59 Å². The van der Waals surface area contributed by atoms with Crippen molar-refractivity contribution in [1.82, 2.24) is 15.5 Å². The highest BCUT2D eigenvalue weighted by Crippen LogP contribution is 2.22. The molecule has 1 aliphatic rings. The maximum absolute atomic E-state index is 11.9. The number of carbonyl (C=O) groups excluding carboxylic acids is 2. The largest absolute Gasteiger partial charge is 0.352 e. The van der Waals surface area contributed by atoms with Gasteiger partial charge in [-0.15, -0.1) is 11.3 Å². The van der Waals surface area contributed by atoms with Gasteiger partial charge >= 0.3 is 0 Å². The Hall–Kier alpha value is -1.40. The number of thiophene rings is 1. The normalized spacial score (nSPS) is 20.4. The summed E-state index contributed by atoms with van der Waals surface area (Å²) in [4.78, 5) is 26.3. The first-order valence-electron chi connectivity index (χ1n) is 6.35. The minimum Gasteiger partial charge on any atom is -0.352 e. The standard InChI is InChI=1S/C13H19N3O2S/c1-16(2)10(11-4-3-7-19-11)8-14-13(18)9-5-6-12(17)15-9/h3-4,7,9-10H,5-6,8H2,1-2H3,(H,14,18)(H,15,17)/t9-,10+/m1/s1. The molecular weight excluding hydrogens is 262 g/mol. The molecule has 0 aromatic carbocycles. The van der Waals surface area contributed by atoms with Crippen molar-refractivity contribution in [3.8, 4) is 0 Å². The highest BCUT2D eigenvalue weighted by atomic mass is 32.1. The van der Waals surface area contributed by atoms with Gasteiger partial charge < -0.3 is 15.5 Å². The molecule has 2 amide bonds. The second kappa shape index (κ2) is 6.16. The fourth-order valence-electron chi connectivity index (χ4n) is 2.15. The lowest BCUT2D eigenvalue weighted by atomic mass is 10.2. The topological polar surface area (TPSA) is 61.4 Å². The van der Waals surface area contributed by atoms with Crippen molar-refractivity contribution in [1.29, 1.82) is 0 Å². The van der Waals surface area contributed by atoms with Crippen molar-refractivity contribution < 1.29 is 9.59 Å². The number of hydrogen-bond acceptors (Lipinski definition) is 4. The Morgan fingerprint density at radius 1 is 1.63 bits per heavy atom. The maximum atomic E-state index is 11.9. The molecule has 1 aliphatic heterocycles. The van der Waals surface area contributed by atoms with E-state index in [1.54, 1.807) is 11.3 Å². The van der Waals surface area contributed by atoms with E-state index in [1.165, 1.54) is 4.88 Å². The van der Waals surface area contributed by atoms with Crippen LogP contribution in [0.3, 0.4) is 0 Å². The van der Waals surface area contributed by atoms with Crippen LogP contribution in [0.25, 0.3) is 0 Å². The third kappa shape index (κ3) is 3.54. The SMILES string of the molecule is CN(C)[C@@H](CNC(=O)[C@H]1CCC(=O)N1)c1cccs1. The first kappa shape index (κ1) is 14.0. The van der Waals surface area contributed by atoms with Gasteiger partial charge in [0.2, 0.25) is 11.8 Å². The lowest BCUT2D eigenvalue weighted by molar-refractivity contribution is -0.125. The Bertz CT molecular complexity index is 445. The number of hydrogen-bond donors (Lipinski definition) is 2. The van der Waals surface area contributed by atoms with Crippen LogP contribution < -0.4 is 10.6 Å². The zero-order chi connectivity index (χ0) is 13.8. The molecule has 0 unspecified atom stereocenters. The molecule has 19 heavy (non-hydrogen) atoms. The van der Waals surface area contributed by atoms with Crippen molar-refractivity contribution in [2.45, 2.75) is 24.9 Å². The summed E-state index contributed by atoms with van der Waals surface area (Å²) in [6.45, 7) is 0.554.